The number of rotatable bonds is 18. The number of aromatic nitrogens is 2. The third kappa shape index (κ3) is 10.4. The number of carbonyl (C=O) groups excluding carboxylic acids is 4. The van der Waals surface area contributed by atoms with Crippen molar-refractivity contribution in [3.63, 3.8) is 0 Å². The summed E-state index contributed by atoms with van der Waals surface area (Å²) >= 11 is 0. The van der Waals surface area contributed by atoms with Gasteiger partial charge in [-0.1, -0.05) is 21.6 Å². The molecule has 52 heavy (non-hydrogen) atoms. The molecule has 0 saturated heterocycles. The van der Waals surface area contributed by atoms with Crippen LogP contribution in [0.3, 0.4) is 0 Å². The minimum atomic E-state index is -1.12. The summed E-state index contributed by atoms with van der Waals surface area (Å²) in [5.41, 5.74) is 0.961. The average Bonchev–Trinajstić information content (AvgIpc) is 3.61. The van der Waals surface area contributed by atoms with Crippen molar-refractivity contribution in [1.82, 2.24) is 9.46 Å². The van der Waals surface area contributed by atoms with Crippen molar-refractivity contribution in [2.75, 3.05) is 25.5 Å². The molecule has 276 valence electrons. The summed E-state index contributed by atoms with van der Waals surface area (Å²) in [5.74, 6) is -6.09. The molecule has 6 N–H and O–H groups in total. The van der Waals surface area contributed by atoms with Gasteiger partial charge in [-0.25, -0.2) is 29.9 Å². The van der Waals surface area contributed by atoms with Crippen LogP contribution in [0.1, 0.15) is 33.6 Å². The summed E-state index contributed by atoms with van der Waals surface area (Å²) in [6.45, 7) is -1.43. The van der Waals surface area contributed by atoms with Gasteiger partial charge >= 0.3 is 23.9 Å². The van der Waals surface area contributed by atoms with Crippen LogP contribution in [0.2, 0.25) is 0 Å². The Balaban J connectivity index is 1.31. The summed E-state index contributed by atoms with van der Waals surface area (Å²) in [6, 6.07) is 12.2. The first kappa shape index (κ1) is 38.7. The first-order chi connectivity index (χ1) is 24.9. The minimum absolute atomic E-state index is 0.0111. The first-order valence-electron chi connectivity index (χ1n) is 14.2. The Morgan fingerprint density at radius 2 is 1.21 bits per heavy atom. The second-order valence-corrected chi connectivity index (χ2v) is 12.0. The lowest BCUT2D eigenvalue weighted by Gasteiger charge is -2.12. The highest BCUT2D eigenvalue weighted by molar-refractivity contribution is 8.76. The molecule has 0 atom stereocenters. The van der Waals surface area contributed by atoms with Gasteiger partial charge in [-0.05, 0) is 30.3 Å². The number of nitrogens with zero attached hydrogens (tertiary/aromatic N) is 3. The molecule has 0 aliphatic carbocycles. The SMILES string of the molecule is O=C(CCOCOC(=O)c1cc(SSc2ccc([N+](=O)[O-])c(C(=O)OCCC(=O)On3c(O)ccc3O)c2)ccc1NOO)On1c(O)ccc1O. The first-order valence-corrected chi connectivity index (χ1v) is 16.4. The lowest BCUT2D eigenvalue weighted by atomic mass is 10.2. The summed E-state index contributed by atoms with van der Waals surface area (Å²) < 4.78 is 16.1. The van der Waals surface area contributed by atoms with E-state index >= 15 is 0 Å². The Hall–Kier alpha value is -6.14. The highest BCUT2D eigenvalue weighted by Crippen LogP contribution is 2.40. The molecule has 4 aromatic rings. The van der Waals surface area contributed by atoms with Crippen LogP contribution in [0, 0.1) is 10.1 Å². The van der Waals surface area contributed by atoms with Gasteiger partial charge in [0.15, 0.2) is 6.79 Å². The van der Waals surface area contributed by atoms with E-state index < -0.39 is 83.4 Å². The summed E-state index contributed by atoms with van der Waals surface area (Å²) in [5, 5.41) is 58.6. The van der Waals surface area contributed by atoms with Crippen molar-refractivity contribution in [2.24, 2.45) is 0 Å². The van der Waals surface area contributed by atoms with Gasteiger partial charge in [-0.3, -0.25) is 10.1 Å². The molecule has 0 unspecified atom stereocenters. The largest absolute Gasteiger partial charge is 0.492 e. The van der Waals surface area contributed by atoms with Gasteiger partial charge in [0.25, 0.3) is 5.69 Å². The Morgan fingerprint density at radius 1 is 0.712 bits per heavy atom. The highest BCUT2D eigenvalue weighted by atomic mass is 33.1. The van der Waals surface area contributed by atoms with Crippen LogP contribution in [0.5, 0.6) is 23.5 Å². The van der Waals surface area contributed by atoms with Crippen LogP contribution < -0.4 is 15.2 Å². The number of nitro benzene ring substituents is 1. The van der Waals surface area contributed by atoms with Crippen LogP contribution in [-0.4, -0.2) is 84.0 Å². The minimum Gasteiger partial charge on any atom is -0.492 e. The van der Waals surface area contributed by atoms with Crippen LogP contribution in [0.15, 0.2) is 70.5 Å². The molecular weight excluding hydrogens is 740 g/mol. The number of benzene rings is 2. The Morgan fingerprint density at radius 3 is 1.75 bits per heavy atom. The molecule has 0 bridgehead atoms. The van der Waals surface area contributed by atoms with Crippen molar-refractivity contribution < 1.29 is 78.7 Å². The fraction of sp³-hybridized carbons (Fsp3) is 0.172. The number of carbonyl (C=O) groups is 4. The number of nitrogens with one attached hydrogen (secondary N) is 1. The van der Waals surface area contributed by atoms with E-state index in [-0.39, 0.29) is 24.3 Å². The van der Waals surface area contributed by atoms with Gasteiger partial charge in [0.2, 0.25) is 23.5 Å². The fourth-order valence-corrected chi connectivity index (χ4v) is 5.82. The number of aromatic hydroxyl groups is 4. The van der Waals surface area contributed by atoms with Crippen LogP contribution in [-0.2, 0) is 28.8 Å². The molecule has 0 saturated carbocycles. The molecule has 4 rings (SSSR count). The summed E-state index contributed by atoms with van der Waals surface area (Å²) in [7, 11) is 2.10. The molecule has 23 heteroatoms. The number of anilines is 1. The second kappa shape index (κ2) is 18.2. The zero-order valence-electron chi connectivity index (χ0n) is 26.1. The zero-order chi connectivity index (χ0) is 37.8. The molecule has 0 aliphatic heterocycles. The summed E-state index contributed by atoms with van der Waals surface area (Å²) in [4.78, 5) is 74.4. The molecule has 2 aromatic heterocycles. The third-order valence-corrected chi connectivity index (χ3v) is 8.61. The normalized spacial score (nSPS) is 10.7. The van der Waals surface area contributed by atoms with E-state index in [1.165, 1.54) is 30.3 Å². The number of ether oxygens (including phenoxy) is 3. The van der Waals surface area contributed by atoms with E-state index in [0.29, 0.717) is 19.3 Å². The van der Waals surface area contributed by atoms with Crippen molar-refractivity contribution in [2.45, 2.75) is 22.6 Å². The van der Waals surface area contributed by atoms with Gasteiger partial charge in [0, 0.05) is 40.1 Å². The van der Waals surface area contributed by atoms with Crippen molar-refractivity contribution in [3.05, 3.63) is 81.9 Å². The molecule has 0 fully saturated rings. The standard InChI is InChI=1S/C29H26N4O17S2/c34-22-5-6-23(35)31(22)48-26(38)9-11-45-15-47-28(40)18-13-16(1-3-20(18)30-50-44)51-52-17-2-4-21(33(42)43)19(14-17)29(41)46-12-10-27(39)49-32-24(36)7-8-25(32)37/h1-8,13-14,30,34-37,44H,9-12,15H2. The molecule has 2 aromatic carbocycles. The smallest absolute Gasteiger partial charge is 0.345 e. The van der Waals surface area contributed by atoms with Crippen molar-refractivity contribution in [1.29, 1.82) is 0 Å². The Labute approximate surface area is 298 Å². The van der Waals surface area contributed by atoms with Gasteiger partial charge in [-0.15, -0.1) is 14.4 Å². The topological polar surface area (TPSA) is 290 Å². The monoisotopic (exact) mass is 766 g/mol. The van der Waals surface area contributed by atoms with E-state index in [9.17, 15) is 49.7 Å². The van der Waals surface area contributed by atoms with Crippen LogP contribution in [0.25, 0.3) is 0 Å². The maximum absolute atomic E-state index is 12.8. The average molecular weight is 767 g/mol. The maximum Gasteiger partial charge on any atom is 0.345 e. The van der Waals surface area contributed by atoms with Crippen molar-refractivity contribution >= 4 is 56.8 Å². The quantitative estimate of drug-likeness (QED) is 0.0161. The van der Waals surface area contributed by atoms with E-state index in [0.717, 1.165) is 51.9 Å². The third-order valence-electron chi connectivity index (χ3n) is 6.23. The Kier molecular flexibility index (Phi) is 13.5. The molecule has 0 radical (unpaired) electrons. The van der Waals surface area contributed by atoms with Crippen molar-refractivity contribution in [3.8, 4) is 23.5 Å². The van der Waals surface area contributed by atoms with E-state index in [4.69, 9.17) is 29.1 Å². The molecular formula is C29H26N4O17S2. The lowest BCUT2D eigenvalue weighted by Crippen LogP contribution is -2.21. The number of nitro groups is 1. The van der Waals surface area contributed by atoms with Crippen LogP contribution >= 0.6 is 21.6 Å². The molecule has 0 spiro atoms. The molecule has 0 aliphatic rings. The second-order valence-electron chi connectivity index (χ2n) is 9.71. The molecule has 0 amide bonds. The number of hydrogen-bond donors (Lipinski definition) is 6. The zero-order valence-corrected chi connectivity index (χ0v) is 27.7. The summed E-state index contributed by atoms with van der Waals surface area (Å²) in [6.07, 6.45) is -0.862. The van der Waals surface area contributed by atoms with E-state index in [1.54, 1.807) is 0 Å². The van der Waals surface area contributed by atoms with Gasteiger partial charge < -0.3 is 44.3 Å². The van der Waals surface area contributed by atoms with Gasteiger partial charge in [-0.2, -0.15) is 0 Å². The van der Waals surface area contributed by atoms with Crippen LogP contribution in [0.4, 0.5) is 11.4 Å². The van der Waals surface area contributed by atoms with Gasteiger partial charge in [0.1, 0.15) is 12.2 Å². The molecule has 2 heterocycles. The predicted octanol–water partition coefficient (Wildman–Crippen LogP) is 3.01. The predicted molar refractivity (Wildman–Crippen MR) is 173 cm³/mol. The molecule has 21 nitrogen and oxygen atoms in total. The fourth-order valence-electron chi connectivity index (χ4n) is 3.85. The Bertz CT molecular complexity index is 1910. The van der Waals surface area contributed by atoms with E-state index in [1.807, 2.05) is 0 Å². The van der Waals surface area contributed by atoms with E-state index in [2.05, 4.69) is 10.5 Å². The lowest BCUT2D eigenvalue weighted by molar-refractivity contribution is -0.385. The van der Waals surface area contributed by atoms with Gasteiger partial charge in [0.05, 0.1) is 35.6 Å². The maximum atomic E-state index is 12.8. The number of hydrogen-bond acceptors (Lipinski definition) is 20. The number of esters is 2. The highest BCUT2D eigenvalue weighted by Gasteiger charge is 2.24.